The molecule has 0 aliphatic heterocycles. The Morgan fingerprint density at radius 1 is 0.970 bits per heavy atom. The standard InChI is InChI=1S/C23H25N3O5S2/c1-17(2)26(20-12-10-19(11-13-20)25-18-7-4-3-5-8-18)21(27)16-31-22(28)15-24-33(29,30)23-9-6-14-32-23/h3-14,17,24-25H,15-16H2,1-2H3. The second kappa shape index (κ2) is 11.1. The van der Waals surface area contributed by atoms with E-state index in [0.717, 1.165) is 22.7 Å². The van der Waals surface area contributed by atoms with Crippen LogP contribution in [0.15, 0.2) is 76.3 Å². The van der Waals surface area contributed by atoms with Crippen molar-refractivity contribution in [3.8, 4) is 0 Å². The molecule has 10 heteroatoms. The van der Waals surface area contributed by atoms with Gasteiger partial charge in [0, 0.05) is 23.1 Å². The number of nitrogens with one attached hydrogen (secondary N) is 2. The summed E-state index contributed by atoms with van der Waals surface area (Å²) < 4.78 is 31.4. The van der Waals surface area contributed by atoms with Gasteiger partial charge in [0.1, 0.15) is 10.8 Å². The van der Waals surface area contributed by atoms with E-state index < -0.39 is 35.1 Å². The van der Waals surface area contributed by atoms with Gasteiger partial charge in [0.15, 0.2) is 6.61 Å². The van der Waals surface area contributed by atoms with E-state index in [1.807, 2.05) is 56.3 Å². The predicted molar refractivity (Wildman–Crippen MR) is 129 cm³/mol. The third-order valence-electron chi connectivity index (χ3n) is 4.52. The van der Waals surface area contributed by atoms with Crippen molar-refractivity contribution in [2.75, 3.05) is 23.4 Å². The van der Waals surface area contributed by atoms with Crippen molar-refractivity contribution in [3.63, 3.8) is 0 Å². The summed E-state index contributed by atoms with van der Waals surface area (Å²) in [5, 5.41) is 4.90. The summed E-state index contributed by atoms with van der Waals surface area (Å²) in [6.45, 7) is 2.65. The minimum absolute atomic E-state index is 0.0996. The molecular formula is C23H25N3O5S2. The highest BCUT2D eigenvalue weighted by Gasteiger charge is 2.22. The Balaban J connectivity index is 1.56. The average molecular weight is 488 g/mol. The van der Waals surface area contributed by atoms with E-state index in [-0.39, 0.29) is 10.3 Å². The quantitative estimate of drug-likeness (QED) is 0.422. The van der Waals surface area contributed by atoms with E-state index in [9.17, 15) is 18.0 Å². The van der Waals surface area contributed by atoms with Gasteiger partial charge in [0.25, 0.3) is 15.9 Å². The van der Waals surface area contributed by atoms with Gasteiger partial charge < -0.3 is 15.0 Å². The van der Waals surface area contributed by atoms with Crippen LogP contribution in [0, 0.1) is 0 Å². The van der Waals surface area contributed by atoms with Gasteiger partial charge in [-0.15, -0.1) is 11.3 Å². The summed E-state index contributed by atoms with van der Waals surface area (Å²) in [6.07, 6.45) is 0. The number of anilines is 3. The fraction of sp³-hybridized carbons (Fsp3) is 0.217. The number of ether oxygens (including phenoxy) is 1. The van der Waals surface area contributed by atoms with Gasteiger partial charge in [-0.1, -0.05) is 24.3 Å². The molecule has 0 saturated carbocycles. The summed E-state index contributed by atoms with van der Waals surface area (Å²) in [7, 11) is -3.78. The number of rotatable bonds is 10. The van der Waals surface area contributed by atoms with Gasteiger partial charge in [-0.25, -0.2) is 8.42 Å². The first-order valence-electron chi connectivity index (χ1n) is 10.2. The lowest BCUT2D eigenvalue weighted by Crippen LogP contribution is -2.40. The molecule has 8 nitrogen and oxygen atoms in total. The first-order valence-corrected chi connectivity index (χ1v) is 12.6. The van der Waals surface area contributed by atoms with Crippen LogP contribution in [0.5, 0.6) is 0 Å². The number of thiophene rings is 1. The molecule has 0 saturated heterocycles. The zero-order valence-corrected chi connectivity index (χ0v) is 19.9. The summed E-state index contributed by atoms with van der Waals surface area (Å²) in [5.41, 5.74) is 2.47. The van der Waals surface area contributed by atoms with Crippen molar-refractivity contribution in [2.45, 2.75) is 24.1 Å². The number of esters is 1. The molecule has 0 spiro atoms. The lowest BCUT2D eigenvalue weighted by Gasteiger charge is -2.27. The Bertz CT molecular complexity index is 1160. The van der Waals surface area contributed by atoms with Crippen LogP contribution < -0.4 is 14.9 Å². The summed E-state index contributed by atoms with van der Waals surface area (Å²) in [6, 6.07) is 19.9. The summed E-state index contributed by atoms with van der Waals surface area (Å²) in [5.74, 6) is -1.25. The molecule has 1 aromatic heterocycles. The van der Waals surface area contributed by atoms with E-state index in [0.29, 0.717) is 5.69 Å². The minimum Gasteiger partial charge on any atom is -0.455 e. The molecule has 0 bridgehead atoms. The molecule has 0 aliphatic rings. The Kier molecular flexibility index (Phi) is 8.21. The third-order valence-corrected chi connectivity index (χ3v) is 7.31. The molecule has 1 heterocycles. The van der Waals surface area contributed by atoms with Crippen LogP contribution in [0.25, 0.3) is 0 Å². The second-order valence-corrected chi connectivity index (χ2v) is 10.3. The van der Waals surface area contributed by atoms with E-state index in [1.54, 1.807) is 23.6 Å². The lowest BCUT2D eigenvalue weighted by atomic mass is 10.2. The van der Waals surface area contributed by atoms with Crippen molar-refractivity contribution in [1.29, 1.82) is 0 Å². The first-order chi connectivity index (χ1) is 15.8. The maximum Gasteiger partial charge on any atom is 0.321 e. The number of sulfonamides is 1. The molecule has 1 amide bonds. The van der Waals surface area contributed by atoms with Crippen LogP contribution in [0.1, 0.15) is 13.8 Å². The number of para-hydroxylation sites is 1. The molecule has 0 aliphatic carbocycles. The van der Waals surface area contributed by atoms with E-state index in [1.165, 1.54) is 11.0 Å². The van der Waals surface area contributed by atoms with Crippen molar-refractivity contribution < 1.29 is 22.7 Å². The molecule has 33 heavy (non-hydrogen) atoms. The van der Waals surface area contributed by atoms with Crippen molar-refractivity contribution in [3.05, 3.63) is 72.1 Å². The Morgan fingerprint density at radius 3 is 2.24 bits per heavy atom. The van der Waals surface area contributed by atoms with Crippen LogP contribution in [0.4, 0.5) is 17.1 Å². The third kappa shape index (κ3) is 6.88. The molecule has 3 aromatic rings. The monoisotopic (exact) mass is 487 g/mol. The Hall–Kier alpha value is -3.21. The summed E-state index contributed by atoms with van der Waals surface area (Å²) >= 11 is 1.04. The highest BCUT2D eigenvalue weighted by molar-refractivity contribution is 7.91. The first kappa shape index (κ1) is 24.4. The Morgan fingerprint density at radius 2 is 1.64 bits per heavy atom. The zero-order valence-electron chi connectivity index (χ0n) is 18.2. The average Bonchev–Trinajstić information content (AvgIpc) is 3.34. The fourth-order valence-electron chi connectivity index (χ4n) is 3.03. The van der Waals surface area contributed by atoms with E-state index in [2.05, 4.69) is 10.0 Å². The van der Waals surface area contributed by atoms with Gasteiger partial charge in [-0.2, -0.15) is 4.72 Å². The lowest BCUT2D eigenvalue weighted by molar-refractivity contribution is -0.146. The molecule has 0 fully saturated rings. The molecule has 2 N–H and O–H groups in total. The maximum atomic E-state index is 12.7. The number of amides is 1. The molecule has 0 atom stereocenters. The van der Waals surface area contributed by atoms with Crippen LogP contribution in [0.2, 0.25) is 0 Å². The molecule has 174 valence electrons. The van der Waals surface area contributed by atoms with Gasteiger partial charge in [0.05, 0.1) is 0 Å². The van der Waals surface area contributed by atoms with Gasteiger partial charge in [-0.05, 0) is 61.7 Å². The number of benzene rings is 2. The van der Waals surface area contributed by atoms with Crippen LogP contribution in [-0.4, -0.2) is 39.5 Å². The largest absolute Gasteiger partial charge is 0.455 e. The molecule has 3 rings (SSSR count). The van der Waals surface area contributed by atoms with Gasteiger partial charge in [0.2, 0.25) is 0 Å². The smallest absolute Gasteiger partial charge is 0.321 e. The van der Waals surface area contributed by atoms with Crippen molar-refractivity contribution >= 4 is 50.3 Å². The van der Waals surface area contributed by atoms with E-state index >= 15 is 0 Å². The Labute approximate surface area is 197 Å². The zero-order chi connectivity index (χ0) is 23.8. The normalized spacial score (nSPS) is 11.2. The molecular weight excluding hydrogens is 462 g/mol. The number of carbonyl (C=O) groups excluding carboxylic acids is 2. The molecule has 0 radical (unpaired) electrons. The topological polar surface area (TPSA) is 105 Å². The minimum atomic E-state index is -3.78. The van der Waals surface area contributed by atoms with Crippen LogP contribution >= 0.6 is 11.3 Å². The number of hydrogen-bond donors (Lipinski definition) is 2. The molecule has 2 aromatic carbocycles. The second-order valence-electron chi connectivity index (χ2n) is 7.31. The maximum absolute atomic E-state index is 12.7. The fourth-order valence-corrected chi connectivity index (χ4v) is 5.03. The highest BCUT2D eigenvalue weighted by Crippen LogP contribution is 2.23. The van der Waals surface area contributed by atoms with Crippen LogP contribution in [-0.2, 0) is 24.3 Å². The predicted octanol–water partition coefficient (Wildman–Crippen LogP) is 3.75. The SMILES string of the molecule is CC(C)N(C(=O)COC(=O)CNS(=O)(=O)c1cccs1)c1ccc(Nc2ccccc2)cc1. The van der Waals surface area contributed by atoms with Crippen LogP contribution in [0.3, 0.4) is 0 Å². The summed E-state index contributed by atoms with van der Waals surface area (Å²) in [4.78, 5) is 26.3. The number of nitrogens with zero attached hydrogens (tertiary/aromatic N) is 1. The number of hydrogen-bond acceptors (Lipinski definition) is 7. The van der Waals surface area contributed by atoms with Gasteiger partial charge >= 0.3 is 5.97 Å². The highest BCUT2D eigenvalue weighted by atomic mass is 32.2. The molecule has 0 unspecified atom stereocenters. The number of carbonyl (C=O) groups is 2. The van der Waals surface area contributed by atoms with Crippen molar-refractivity contribution in [1.82, 2.24) is 4.72 Å². The van der Waals surface area contributed by atoms with Crippen molar-refractivity contribution in [2.24, 2.45) is 0 Å². The van der Waals surface area contributed by atoms with E-state index in [4.69, 9.17) is 4.74 Å². The van der Waals surface area contributed by atoms with Gasteiger partial charge in [-0.3, -0.25) is 9.59 Å².